The summed E-state index contributed by atoms with van der Waals surface area (Å²) in [6, 6.07) is 6.87. The zero-order valence-electron chi connectivity index (χ0n) is 9.99. The number of hydrogen-bond donors (Lipinski definition) is 2. The fraction of sp³-hybridized carbons (Fsp3) is 0. The lowest BCUT2D eigenvalue weighted by Crippen LogP contribution is -2.13. The molecule has 0 saturated heterocycles. The lowest BCUT2D eigenvalue weighted by atomic mass is 10.1. The topological polar surface area (TPSA) is 78.3 Å². The van der Waals surface area contributed by atoms with E-state index in [4.69, 9.17) is 39.4 Å². The van der Waals surface area contributed by atoms with E-state index in [1.807, 2.05) is 0 Å². The Morgan fingerprint density at radius 1 is 1.20 bits per heavy atom. The Morgan fingerprint density at radius 3 is 2.55 bits per heavy atom. The molecule has 2 aromatic carbocycles. The van der Waals surface area contributed by atoms with Gasteiger partial charge in [-0.05, 0) is 24.3 Å². The number of carbonyl (C=O) groups is 1. The van der Waals surface area contributed by atoms with E-state index in [9.17, 15) is 9.18 Å². The number of rotatable bonds is 3. The van der Waals surface area contributed by atoms with Crippen molar-refractivity contribution in [3.8, 4) is 11.5 Å². The van der Waals surface area contributed by atoms with E-state index in [-0.39, 0.29) is 32.8 Å². The van der Waals surface area contributed by atoms with Crippen LogP contribution in [0.2, 0.25) is 10.0 Å². The summed E-state index contributed by atoms with van der Waals surface area (Å²) in [7, 11) is 0. The molecule has 0 aliphatic rings. The van der Waals surface area contributed by atoms with E-state index in [1.165, 1.54) is 30.3 Å². The molecule has 0 unspecified atom stereocenters. The van der Waals surface area contributed by atoms with Crippen LogP contribution in [0.25, 0.3) is 0 Å². The molecule has 0 aliphatic heterocycles. The highest BCUT2D eigenvalue weighted by Crippen LogP contribution is 2.36. The highest BCUT2D eigenvalue weighted by molar-refractivity contribution is 6.33. The van der Waals surface area contributed by atoms with Crippen LogP contribution in [0.3, 0.4) is 0 Å². The molecule has 0 radical (unpaired) electrons. The zero-order valence-corrected chi connectivity index (χ0v) is 11.5. The van der Waals surface area contributed by atoms with Gasteiger partial charge in [0.2, 0.25) is 0 Å². The Morgan fingerprint density at radius 2 is 1.90 bits per heavy atom. The molecule has 4 N–H and O–H groups in total. The molecule has 0 aliphatic carbocycles. The Balaban J connectivity index is 2.53. The van der Waals surface area contributed by atoms with Crippen LogP contribution in [0.15, 0.2) is 30.3 Å². The molecule has 7 heteroatoms. The second kappa shape index (κ2) is 5.56. The van der Waals surface area contributed by atoms with Crippen molar-refractivity contribution >= 4 is 34.8 Å². The Kier molecular flexibility index (Phi) is 4.01. The van der Waals surface area contributed by atoms with Gasteiger partial charge in [-0.3, -0.25) is 4.79 Å². The maximum absolute atomic E-state index is 13.8. The van der Waals surface area contributed by atoms with Gasteiger partial charge in [0.05, 0.1) is 15.6 Å². The third-order valence-corrected chi connectivity index (χ3v) is 3.03. The van der Waals surface area contributed by atoms with Crippen molar-refractivity contribution in [2.24, 2.45) is 5.73 Å². The Bertz CT molecular complexity index is 692. The lowest BCUT2D eigenvalue weighted by molar-refractivity contribution is 0.0998. The molecule has 0 atom stereocenters. The largest absolute Gasteiger partial charge is 0.452 e. The Hall–Kier alpha value is -1.98. The van der Waals surface area contributed by atoms with E-state index in [0.717, 1.165) is 0 Å². The quantitative estimate of drug-likeness (QED) is 0.849. The summed E-state index contributed by atoms with van der Waals surface area (Å²) in [5.74, 6) is -1.81. The molecule has 4 nitrogen and oxygen atoms in total. The number of carbonyl (C=O) groups excluding carboxylic acids is 1. The van der Waals surface area contributed by atoms with Crippen LogP contribution in [-0.2, 0) is 0 Å². The SMILES string of the molecule is NC(=O)c1cc(N)cc(Cl)c1Oc1cccc(Cl)c1F. The molecule has 0 bridgehead atoms. The van der Waals surface area contributed by atoms with Crippen LogP contribution < -0.4 is 16.2 Å². The zero-order chi connectivity index (χ0) is 14.9. The molecule has 0 aromatic heterocycles. The number of halogens is 3. The van der Waals surface area contributed by atoms with Crippen molar-refractivity contribution in [1.29, 1.82) is 0 Å². The molecule has 2 rings (SSSR count). The number of hydrogen-bond acceptors (Lipinski definition) is 3. The Labute approximate surface area is 124 Å². The van der Waals surface area contributed by atoms with Gasteiger partial charge in [0.1, 0.15) is 0 Å². The van der Waals surface area contributed by atoms with Crippen LogP contribution in [0.1, 0.15) is 10.4 Å². The van der Waals surface area contributed by atoms with Crippen LogP contribution >= 0.6 is 23.2 Å². The predicted octanol–water partition coefficient (Wildman–Crippen LogP) is 3.61. The maximum atomic E-state index is 13.8. The van der Waals surface area contributed by atoms with Gasteiger partial charge in [-0.25, -0.2) is 4.39 Å². The summed E-state index contributed by atoms with van der Waals surface area (Å²) in [6.45, 7) is 0. The minimum absolute atomic E-state index is 0.0400. The highest BCUT2D eigenvalue weighted by atomic mass is 35.5. The predicted molar refractivity (Wildman–Crippen MR) is 75.9 cm³/mol. The molecular weight excluding hydrogens is 306 g/mol. The number of amides is 1. The average molecular weight is 315 g/mol. The van der Waals surface area contributed by atoms with Crippen molar-refractivity contribution in [2.75, 3.05) is 5.73 Å². The standard InChI is InChI=1S/C13H9Cl2FN2O2/c14-8-2-1-3-10(11(8)16)20-12-7(13(18)19)4-6(17)5-9(12)15/h1-5H,17H2,(H2,18,19). The van der Waals surface area contributed by atoms with E-state index in [2.05, 4.69) is 0 Å². The number of ether oxygens (including phenoxy) is 1. The summed E-state index contributed by atoms with van der Waals surface area (Å²) in [6.07, 6.45) is 0. The summed E-state index contributed by atoms with van der Waals surface area (Å²) in [5.41, 5.74) is 11.0. The molecular formula is C13H9Cl2FN2O2. The van der Waals surface area contributed by atoms with Gasteiger partial charge in [-0.2, -0.15) is 0 Å². The van der Waals surface area contributed by atoms with Gasteiger partial charge in [-0.15, -0.1) is 0 Å². The summed E-state index contributed by atoms with van der Waals surface area (Å²) in [4.78, 5) is 11.4. The highest BCUT2D eigenvalue weighted by Gasteiger charge is 2.18. The van der Waals surface area contributed by atoms with Gasteiger partial charge in [0, 0.05) is 5.69 Å². The summed E-state index contributed by atoms with van der Waals surface area (Å²) >= 11 is 11.6. The van der Waals surface area contributed by atoms with Crippen molar-refractivity contribution in [2.45, 2.75) is 0 Å². The van der Waals surface area contributed by atoms with Crippen LogP contribution in [0, 0.1) is 5.82 Å². The number of anilines is 1. The van der Waals surface area contributed by atoms with Gasteiger partial charge in [-0.1, -0.05) is 29.3 Å². The number of nitrogen functional groups attached to an aromatic ring is 1. The second-order valence-corrected chi connectivity index (χ2v) is 4.71. The van der Waals surface area contributed by atoms with Crippen LogP contribution in [-0.4, -0.2) is 5.91 Å². The van der Waals surface area contributed by atoms with E-state index in [0.29, 0.717) is 0 Å². The maximum Gasteiger partial charge on any atom is 0.252 e. The number of primary amides is 1. The van der Waals surface area contributed by atoms with Crippen molar-refractivity contribution in [1.82, 2.24) is 0 Å². The van der Waals surface area contributed by atoms with Gasteiger partial charge < -0.3 is 16.2 Å². The van der Waals surface area contributed by atoms with E-state index in [1.54, 1.807) is 0 Å². The second-order valence-electron chi connectivity index (χ2n) is 3.90. The normalized spacial score (nSPS) is 10.3. The molecule has 2 aromatic rings. The molecule has 104 valence electrons. The first kappa shape index (κ1) is 14.4. The number of nitrogens with two attached hydrogens (primary N) is 2. The first-order chi connectivity index (χ1) is 9.40. The van der Waals surface area contributed by atoms with Crippen LogP contribution in [0.5, 0.6) is 11.5 Å². The summed E-state index contributed by atoms with van der Waals surface area (Å²) in [5, 5.41) is -0.0760. The lowest BCUT2D eigenvalue weighted by Gasteiger charge is -2.13. The third kappa shape index (κ3) is 2.79. The van der Waals surface area contributed by atoms with Gasteiger partial charge in [0.15, 0.2) is 17.3 Å². The fourth-order valence-electron chi connectivity index (χ4n) is 1.57. The van der Waals surface area contributed by atoms with Crippen molar-refractivity contribution < 1.29 is 13.9 Å². The van der Waals surface area contributed by atoms with Crippen molar-refractivity contribution in [3.63, 3.8) is 0 Å². The average Bonchev–Trinajstić information content (AvgIpc) is 2.37. The fourth-order valence-corrected chi connectivity index (χ4v) is 2.01. The van der Waals surface area contributed by atoms with Crippen molar-refractivity contribution in [3.05, 3.63) is 51.8 Å². The molecule has 0 fully saturated rings. The molecule has 0 heterocycles. The minimum Gasteiger partial charge on any atom is -0.452 e. The molecule has 20 heavy (non-hydrogen) atoms. The molecule has 0 saturated carbocycles. The van der Waals surface area contributed by atoms with E-state index < -0.39 is 11.7 Å². The monoisotopic (exact) mass is 314 g/mol. The minimum atomic E-state index is -0.795. The number of benzene rings is 2. The summed E-state index contributed by atoms with van der Waals surface area (Å²) < 4.78 is 19.1. The van der Waals surface area contributed by atoms with E-state index >= 15 is 0 Å². The first-order valence-corrected chi connectivity index (χ1v) is 6.16. The molecule has 1 amide bonds. The van der Waals surface area contributed by atoms with Crippen LogP contribution in [0.4, 0.5) is 10.1 Å². The smallest absolute Gasteiger partial charge is 0.252 e. The first-order valence-electron chi connectivity index (χ1n) is 5.41. The third-order valence-electron chi connectivity index (χ3n) is 2.46. The molecule has 0 spiro atoms. The van der Waals surface area contributed by atoms with Gasteiger partial charge in [0.25, 0.3) is 5.91 Å². The van der Waals surface area contributed by atoms with Gasteiger partial charge >= 0.3 is 0 Å².